The standard InChI is InChI=1S/C17H15F3N6O2/c1-2-26-15-14(23-24-26)13(10-7-21-22-8-10)9-25(16(15)27)11-3-5-12(6-4-11)28-17(18,19)20/h3-9,16,27H,2H2,1H3,(H,21,22). The number of H-pyrrole nitrogens is 1. The van der Waals surface area contributed by atoms with E-state index < -0.39 is 12.6 Å². The van der Waals surface area contributed by atoms with Gasteiger partial charge in [-0.15, -0.1) is 18.3 Å². The van der Waals surface area contributed by atoms with Crippen molar-refractivity contribution in [2.75, 3.05) is 4.90 Å². The Morgan fingerprint density at radius 2 is 2.00 bits per heavy atom. The van der Waals surface area contributed by atoms with E-state index in [1.807, 2.05) is 6.92 Å². The van der Waals surface area contributed by atoms with Crippen molar-refractivity contribution in [3.63, 3.8) is 0 Å². The fourth-order valence-electron chi connectivity index (χ4n) is 3.05. The Hall–Kier alpha value is -3.34. The number of ether oxygens (including phenoxy) is 1. The number of aryl methyl sites for hydroxylation is 1. The van der Waals surface area contributed by atoms with Gasteiger partial charge in [0.2, 0.25) is 0 Å². The smallest absolute Gasteiger partial charge is 0.406 e. The lowest BCUT2D eigenvalue weighted by molar-refractivity contribution is -0.274. The first kappa shape index (κ1) is 18.0. The van der Waals surface area contributed by atoms with Crippen molar-refractivity contribution in [3.8, 4) is 5.75 Å². The first-order valence-electron chi connectivity index (χ1n) is 8.34. The number of fused-ring (bicyclic) bond motifs is 1. The van der Waals surface area contributed by atoms with Gasteiger partial charge in [0.05, 0.1) is 6.20 Å². The lowest BCUT2D eigenvalue weighted by atomic mass is 10.0. The average molecular weight is 392 g/mol. The molecule has 3 aromatic rings. The minimum Gasteiger partial charge on any atom is -0.406 e. The number of halogens is 3. The third-order valence-electron chi connectivity index (χ3n) is 4.28. The number of aromatic nitrogens is 5. The summed E-state index contributed by atoms with van der Waals surface area (Å²) in [7, 11) is 0. The molecule has 4 rings (SSSR count). The van der Waals surface area contributed by atoms with Crippen LogP contribution in [0.4, 0.5) is 18.9 Å². The van der Waals surface area contributed by atoms with Crippen LogP contribution >= 0.6 is 0 Å². The maximum Gasteiger partial charge on any atom is 0.573 e. The maximum atomic E-state index is 12.4. The Morgan fingerprint density at radius 3 is 2.61 bits per heavy atom. The van der Waals surface area contributed by atoms with Crippen LogP contribution in [0, 0.1) is 0 Å². The second kappa shape index (κ2) is 6.68. The van der Waals surface area contributed by atoms with Crippen molar-refractivity contribution in [2.24, 2.45) is 0 Å². The van der Waals surface area contributed by atoms with Gasteiger partial charge in [-0.05, 0) is 31.2 Å². The van der Waals surface area contributed by atoms with E-state index in [2.05, 4.69) is 25.2 Å². The molecule has 3 heterocycles. The van der Waals surface area contributed by atoms with Gasteiger partial charge in [0, 0.05) is 35.8 Å². The summed E-state index contributed by atoms with van der Waals surface area (Å²) in [6, 6.07) is 5.23. The van der Waals surface area contributed by atoms with Gasteiger partial charge >= 0.3 is 6.36 Å². The number of aliphatic hydroxyl groups excluding tert-OH is 1. The van der Waals surface area contributed by atoms with Gasteiger partial charge in [-0.2, -0.15) is 5.10 Å². The third kappa shape index (κ3) is 3.20. The zero-order valence-electron chi connectivity index (χ0n) is 14.6. The Balaban J connectivity index is 1.75. The molecule has 0 bridgehead atoms. The highest BCUT2D eigenvalue weighted by Crippen LogP contribution is 2.38. The summed E-state index contributed by atoms with van der Waals surface area (Å²) < 4.78 is 42.6. The summed E-state index contributed by atoms with van der Waals surface area (Å²) in [6.07, 6.45) is -0.941. The molecule has 0 amide bonds. The summed E-state index contributed by atoms with van der Waals surface area (Å²) >= 11 is 0. The topological polar surface area (TPSA) is 92.1 Å². The normalized spacial score (nSPS) is 16.7. The van der Waals surface area contributed by atoms with Gasteiger partial charge in [0.25, 0.3) is 0 Å². The molecule has 1 aliphatic rings. The summed E-state index contributed by atoms with van der Waals surface area (Å²) in [5, 5.41) is 25.8. The second-order valence-electron chi connectivity index (χ2n) is 5.99. The number of aromatic amines is 1. The van der Waals surface area contributed by atoms with Crippen LogP contribution < -0.4 is 9.64 Å². The number of nitrogens with zero attached hydrogens (tertiary/aromatic N) is 5. The molecular weight excluding hydrogens is 377 g/mol. The number of rotatable bonds is 4. The molecular formula is C17H15F3N6O2. The number of benzene rings is 1. The Morgan fingerprint density at radius 1 is 1.25 bits per heavy atom. The zero-order chi connectivity index (χ0) is 19.9. The van der Waals surface area contributed by atoms with Crippen molar-refractivity contribution in [1.29, 1.82) is 0 Å². The highest BCUT2D eigenvalue weighted by atomic mass is 19.4. The fraction of sp³-hybridized carbons (Fsp3) is 0.235. The van der Waals surface area contributed by atoms with E-state index in [4.69, 9.17) is 0 Å². The van der Waals surface area contributed by atoms with E-state index in [1.165, 1.54) is 29.2 Å². The molecule has 1 aliphatic heterocycles. The molecule has 146 valence electrons. The van der Waals surface area contributed by atoms with E-state index in [1.54, 1.807) is 23.3 Å². The molecule has 2 aromatic heterocycles. The van der Waals surface area contributed by atoms with Gasteiger partial charge in [-0.1, -0.05) is 5.21 Å². The predicted octanol–water partition coefficient (Wildman–Crippen LogP) is 2.82. The summed E-state index contributed by atoms with van der Waals surface area (Å²) in [6.45, 7) is 2.36. The van der Waals surface area contributed by atoms with E-state index in [9.17, 15) is 18.3 Å². The quantitative estimate of drug-likeness (QED) is 0.710. The monoisotopic (exact) mass is 392 g/mol. The Kier molecular flexibility index (Phi) is 4.30. The molecule has 0 radical (unpaired) electrons. The molecule has 1 atom stereocenters. The van der Waals surface area contributed by atoms with Crippen LogP contribution in [0.1, 0.15) is 30.1 Å². The average Bonchev–Trinajstić information content (AvgIpc) is 3.31. The number of hydrogen-bond donors (Lipinski definition) is 2. The van der Waals surface area contributed by atoms with Gasteiger partial charge in [0.1, 0.15) is 17.1 Å². The van der Waals surface area contributed by atoms with Crippen LogP contribution in [-0.2, 0) is 6.54 Å². The molecule has 1 unspecified atom stereocenters. The van der Waals surface area contributed by atoms with Crippen molar-refractivity contribution >= 4 is 11.3 Å². The van der Waals surface area contributed by atoms with Crippen LogP contribution in [0.3, 0.4) is 0 Å². The Bertz CT molecular complexity index is 995. The summed E-state index contributed by atoms with van der Waals surface area (Å²) in [4.78, 5) is 1.53. The van der Waals surface area contributed by atoms with Crippen LogP contribution in [-0.4, -0.2) is 36.7 Å². The molecule has 28 heavy (non-hydrogen) atoms. The number of hydrogen-bond acceptors (Lipinski definition) is 6. The zero-order valence-corrected chi connectivity index (χ0v) is 14.6. The van der Waals surface area contributed by atoms with Crippen LogP contribution in [0.25, 0.3) is 5.57 Å². The Labute approximate surface area is 156 Å². The summed E-state index contributed by atoms with van der Waals surface area (Å²) in [5.74, 6) is -0.345. The van der Waals surface area contributed by atoms with E-state index in [-0.39, 0.29) is 5.75 Å². The van der Waals surface area contributed by atoms with Crippen LogP contribution in [0.5, 0.6) is 5.75 Å². The van der Waals surface area contributed by atoms with Crippen molar-refractivity contribution in [1.82, 2.24) is 25.2 Å². The minimum atomic E-state index is -4.77. The van der Waals surface area contributed by atoms with E-state index >= 15 is 0 Å². The number of aliphatic hydroxyl groups is 1. The van der Waals surface area contributed by atoms with Crippen molar-refractivity contribution < 1.29 is 23.0 Å². The number of alkyl halides is 3. The highest BCUT2D eigenvalue weighted by Gasteiger charge is 2.34. The van der Waals surface area contributed by atoms with Crippen LogP contribution in [0.15, 0.2) is 42.9 Å². The number of nitrogens with one attached hydrogen (secondary N) is 1. The molecule has 11 heteroatoms. The van der Waals surface area contributed by atoms with Gasteiger partial charge in [0.15, 0.2) is 6.23 Å². The third-order valence-corrected chi connectivity index (χ3v) is 4.28. The minimum absolute atomic E-state index is 0.345. The fourth-order valence-corrected chi connectivity index (χ4v) is 3.05. The van der Waals surface area contributed by atoms with E-state index in [0.29, 0.717) is 29.2 Å². The SMILES string of the molecule is CCn1nnc2c1C(O)N(c1ccc(OC(F)(F)F)cc1)C=C2c1cn[nH]c1. The number of anilines is 1. The van der Waals surface area contributed by atoms with Gasteiger partial charge in [-0.3, -0.25) is 5.10 Å². The molecule has 0 saturated heterocycles. The molecule has 0 aliphatic carbocycles. The predicted molar refractivity (Wildman–Crippen MR) is 91.9 cm³/mol. The highest BCUT2D eigenvalue weighted by molar-refractivity contribution is 5.82. The van der Waals surface area contributed by atoms with E-state index in [0.717, 1.165) is 5.56 Å². The lowest BCUT2D eigenvalue weighted by Crippen LogP contribution is -2.29. The van der Waals surface area contributed by atoms with Crippen molar-refractivity contribution in [3.05, 3.63) is 59.8 Å². The van der Waals surface area contributed by atoms with Crippen LogP contribution in [0.2, 0.25) is 0 Å². The first-order valence-corrected chi connectivity index (χ1v) is 8.34. The molecule has 0 saturated carbocycles. The maximum absolute atomic E-state index is 12.4. The summed E-state index contributed by atoms with van der Waals surface area (Å²) in [5.41, 5.74) is 2.88. The second-order valence-corrected chi connectivity index (χ2v) is 5.99. The molecule has 2 N–H and O–H groups in total. The molecule has 8 nitrogen and oxygen atoms in total. The molecule has 0 fully saturated rings. The van der Waals surface area contributed by atoms with Crippen molar-refractivity contribution in [2.45, 2.75) is 26.1 Å². The largest absolute Gasteiger partial charge is 0.573 e. The lowest BCUT2D eigenvalue weighted by Gasteiger charge is -2.31. The molecule has 0 spiro atoms. The van der Waals surface area contributed by atoms with Gasteiger partial charge in [-0.25, -0.2) is 4.68 Å². The molecule has 1 aromatic carbocycles. The first-order chi connectivity index (χ1) is 13.4. The van der Waals surface area contributed by atoms with Gasteiger partial charge < -0.3 is 14.7 Å².